The van der Waals surface area contributed by atoms with Crippen molar-refractivity contribution in [1.82, 2.24) is 5.32 Å². The van der Waals surface area contributed by atoms with Gasteiger partial charge < -0.3 is 16.3 Å². The molecule has 3 unspecified atom stereocenters. The van der Waals surface area contributed by atoms with Crippen LogP contribution in [0.1, 0.15) is 26.7 Å². The zero-order valence-electron chi connectivity index (χ0n) is 10.5. The predicted octanol–water partition coefficient (Wildman–Crippen LogP) is 0.0323. The highest BCUT2D eigenvalue weighted by Crippen LogP contribution is 2.04. The van der Waals surface area contributed by atoms with Crippen molar-refractivity contribution in [3.8, 4) is 0 Å². The molecule has 100 valence electrons. The van der Waals surface area contributed by atoms with E-state index in [-0.39, 0.29) is 17.8 Å². The number of nitrogens with two attached hydrogens (primary N) is 1. The van der Waals surface area contributed by atoms with Gasteiger partial charge in [0.05, 0.1) is 5.92 Å². The molecule has 0 aliphatic carbocycles. The minimum atomic E-state index is -0.864. The van der Waals surface area contributed by atoms with E-state index >= 15 is 0 Å². The molecule has 0 spiro atoms. The lowest BCUT2D eigenvalue weighted by Crippen LogP contribution is -2.42. The normalized spacial score (nSPS) is 17.2. The molecule has 4 N–H and O–H groups in total. The van der Waals surface area contributed by atoms with Crippen LogP contribution < -0.4 is 11.1 Å². The molecule has 0 saturated carbocycles. The first kappa shape index (κ1) is 15.9. The first-order valence-electron chi connectivity index (χ1n) is 5.50. The van der Waals surface area contributed by atoms with Crippen molar-refractivity contribution in [2.75, 3.05) is 12.0 Å². The van der Waals surface area contributed by atoms with Gasteiger partial charge in [0.1, 0.15) is 0 Å². The van der Waals surface area contributed by atoms with Crippen molar-refractivity contribution in [3.05, 3.63) is 0 Å². The first-order valence-corrected chi connectivity index (χ1v) is 7.22. The van der Waals surface area contributed by atoms with E-state index in [0.29, 0.717) is 18.6 Å². The number of hydrogen-bond acceptors (Lipinski definition) is 4. The average Bonchev–Trinajstić information content (AvgIpc) is 2.26. The molecule has 17 heavy (non-hydrogen) atoms. The number of nitrogens with zero attached hydrogens (tertiary/aromatic N) is 1. The van der Waals surface area contributed by atoms with E-state index < -0.39 is 16.7 Å². The highest BCUT2D eigenvalue weighted by Gasteiger charge is 2.22. The smallest absolute Gasteiger partial charge is 0.231 e. The third-order valence-corrected chi connectivity index (χ3v) is 3.23. The lowest BCUT2D eigenvalue weighted by Gasteiger charge is -2.18. The molecule has 0 heterocycles. The number of nitrogens with one attached hydrogen (secondary N) is 1. The van der Waals surface area contributed by atoms with Crippen molar-refractivity contribution >= 4 is 22.5 Å². The van der Waals surface area contributed by atoms with E-state index in [0.717, 1.165) is 0 Å². The van der Waals surface area contributed by atoms with Gasteiger partial charge in [-0.1, -0.05) is 12.1 Å². The number of amides is 1. The summed E-state index contributed by atoms with van der Waals surface area (Å²) in [5, 5.41) is 14.1. The number of carbonyl (C=O) groups is 1. The summed E-state index contributed by atoms with van der Waals surface area (Å²) >= 11 is 0. The van der Waals surface area contributed by atoms with Gasteiger partial charge in [0.2, 0.25) is 5.91 Å². The van der Waals surface area contributed by atoms with Crippen molar-refractivity contribution < 1.29 is 14.2 Å². The Bertz CT molecular complexity index is 307. The summed E-state index contributed by atoms with van der Waals surface area (Å²) in [5.41, 5.74) is 5.42. The maximum Gasteiger partial charge on any atom is 0.231 e. The summed E-state index contributed by atoms with van der Waals surface area (Å²) in [4.78, 5) is 11.8. The van der Waals surface area contributed by atoms with E-state index in [1.807, 2.05) is 6.92 Å². The second kappa shape index (κ2) is 8.05. The maximum absolute atomic E-state index is 11.8. The SMILES string of the molecule is CCC(C(=O)NC(C)CCS(C)=O)C(N)=NO. The first-order chi connectivity index (χ1) is 7.92. The molecule has 0 aromatic rings. The molecule has 1 amide bonds. The summed E-state index contributed by atoms with van der Waals surface area (Å²) in [7, 11) is -0.864. The third kappa shape index (κ3) is 6.25. The van der Waals surface area contributed by atoms with Crippen LogP contribution in [0.3, 0.4) is 0 Å². The lowest BCUT2D eigenvalue weighted by molar-refractivity contribution is -0.123. The van der Waals surface area contributed by atoms with Gasteiger partial charge >= 0.3 is 0 Å². The summed E-state index contributed by atoms with van der Waals surface area (Å²) < 4.78 is 10.9. The maximum atomic E-state index is 11.8. The van der Waals surface area contributed by atoms with Crippen LogP contribution in [0.25, 0.3) is 0 Å². The Morgan fingerprint density at radius 1 is 1.59 bits per heavy atom. The van der Waals surface area contributed by atoms with E-state index in [1.54, 1.807) is 13.2 Å². The molecule has 0 rings (SSSR count). The van der Waals surface area contributed by atoms with Gasteiger partial charge in [0, 0.05) is 28.9 Å². The Balaban J connectivity index is 4.27. The molecule has 0 radical (unpaired) electrons. The van der Waals surface area contributed by atoms with Crippen LogP contribution in [0.4, 0.5) is 0 Å². The predicted molar refractivity (Wildman–Crippen MR) is 68.3 cm³/mol. The quantitative estimate of drug-likeness (QED) is 0.261. The fraction of sp³-hybridized carbons (Fsp3) is 0.800. The van der Waals surface area contributed by atoms with Crippen molar-refractivity contribution in [1.29, 1.82) is 0 Å². The average molecular weight is 263 g/mol. The Hall–Kier alpha value is -1.11. The molecule has 0 aromatic carbocycles. The van der Waals surface area contributed by atoms with E-state index in [1.165, 1.54) is 0 Å². The summed E-state index contributed by atoms with van der Waals surface area (Å²) in [5.74, 6) is -0.426. The zero-order chi connectivity index (χ0) is 13.4. The van der Waals surface area contributed by atoms with Gasteiger partial charge in [-0.3, -0.25) is 9.00 Å². The Kier molecular flexibility index (Phi) is 7.53. The van der Waals surface area contributed by atoms with Gasteiger partial charge in [0.25, 0.3) is 0 Å². The molecule has 0 fully saturated rings. The Labute approximate surface area is 104 Å². The van der Waals surface area contributed by atoms with E-state index in [4.69, 9.17) is 10.9 Å². The molecule has 0 aliphatic heterocycles. The highest BCUT2D eigenvalue weighted by atomic mass is 32.2. The largest absolute Gasteiger partial charge is 0.409 e. The van der Waals surface area contributed by atoms with E-state index in [9.17, 15) is 9.00 Å². The van der Waals surface area contributed by atoms with Crippen molar-refractivity contribution in [2.45, 2.75) is 32.7 Å². The van der Waals surface area contributed by atoms with Crippen LogP contribution in [0.5, 0.6) is 0 Å². The summed E-state index contributed by atoms with van der Waals surface area (Å²) in [6.45, 7) is 3.62. The summed E-state index contributed by atoms with van der Waals surface area (Å²) in [6.07, 6.45) is 2.73. The number of hydrogen-bond donors (Lipinski definition) is 3. The van der Waals surface area contributed by atoms with Crippen molar-refractivity contribution in [2.24, 2.45) is 16.8 Å². The fourth-order valence-corrected chi connectivity index (χ4v) is 2.04. The van der Waals surface area contributed by atoms with Crippen LogP contribution in [0.15, 0.2) is 5.16 Å². The van der Waals surface area contributed by atoms with Gasteiger partial charge in [-0.2, -0.15) is 0 Å². The number of amidine groups is 1. The van der Waals surface area contributed by atoms with Gasteiger partial charge in [-0.15, -0.1) is 0 Å². The molecule has 7 heteroatoms. The molecular formula is C10H21N3O3S. The Morgan fingerprint density at radius 2 is 2.18 bits per heavy atom. The molecule has 0 aromatic heterocycles. The molecule has 0 aliphatic rings. The lowest BCUT2D eigenvalue weighted by atomic mass is 10.0. The Morgan fingerprint density at radius 3 is 2.59 bits per heavy atom. The van der Waals surface area contributed by atoms with Crippen LogP contribution >= 0.6 is 0 Å². The van der Waals surface area contributed by atoms with Gasteiger partial charge in [-0.05, 0) is 19.8 Å². The number of oxime groups is 1. The molecule has 3 atom stereocenters. The van der Waals surface area contributed by atoms with Crippen molar-refractivity contribution in [3.63, 3.8) is 0 Å². The fourth-order valence-electron chi connectivity index (χ4n) is 1.36. The molecule has 0 bridgehead atoms. The van der Waals surface area contributed by atoms with Crippen LogP contribution in [0.2, 0.25) is 0 Å². The van der Waals surface area contributed by atoms with Crippen LogP contribution in [-0.2, 0) is 15.6 Å². The second-order valence-corrected chi connectivity index (χ2v) is 5.52. The minimum Gasteiger partial charge on any atom is -0.409 e. The molecule has 6 nitrogen and oxygen atoms in total. The third-order valence-electron chi connectivity index (χ3n) is 2.42. The monoisotopic (exact) mass is 263 g/mol. The number of carbonyl (C=O) groups excluding carboxylic acids is 1. The molecule has 0 saturated heterocycles. The van der Waals surface area contributed by atoms with Crippen LogP contribution in [-0.4, -0.2) is 39.2 Å². The minimum absolute atomic E-state index is 0.0769. The van der Waals surface area contributed by atoms with E-state index in [2.05, 4.69) is 10.5 Å². The van der Waals surface area contributed by atoms with Gasteiger partial charge in [-0.25, -0.2) is 0 Å². The number of rotatable bonds is 7. The summed E-state index contributed by atoms with van der Waals surface area (Å²) in [6, 6.07) is -0.0769. The highest BCUT2D eigenvalue weighted by molar-refractivity contribution is 7.84. The van der Waals surface area contributed by atoms with Crippen LogP contribution in [0, 0.1) is 5.92 Å². The second-order valence-electron chi connectivity index (χ2n) is 3.96. The standard InChI is InChI=1S/C10H21N3O3S/c1-4-8(9(11)13-15)10(14)12-7(2)5-6-17(3)16/h7-8,15H,4-6H2,1-3H3,(H2,11,13)(H,12,14). The molecular weight excluding hydrogens is 242 g/mol. The zero-order valence-corrected chi connectivity index (χ0v) is 11.3. The van der Waals surface area contributed by atoms with Gasteiger partial charge in [0.15, 0.2) is 5.84 Å². The topological polar surface area (TPSA) is 105 Å².